The molecule has 1 saturated carbocycles. The lowest BCUT2D eigenvalue weighted by Crippen LogP contribution is -2.73. The summed E-state index contributed by atoms with van der Waals surface area (Å²) in [5.41, 5.74) is 0.619. The number of hydrogen-bond donors (Lipinski definition) is 2. The molecule has 0 aromatic heterocycles. The summed E-state index contributed by atoms with van der Waals surface area (Å²) in [5.74, 6) is -2.17. The fourth-order valence-electron chi connectivity index (χ4n) is 4.01. The van der Waals surface area contributed by atoms with Gasteiger partial charge in [-0.3, -0.25) is 14.5 Å². The van der Waals surface area contributed by atoms with Crippen molar-refractivity contribution in [3.63, 3.8) is 0 Å². The van der Waals surface area contributed by atoms with Gasteiger partial charge in [-0.1, -0.05) is 6.07 Å². The van der Waals surface area contributed by atoms with Gasteiger partial charge in [-0.25, -0.2) is 4.79 Å². The lowest BCUT2D eigenvalue weighted by Gasteiger charge is -2.55. The van der Waals surface area contributed by atoms with Gasteiger partial charge >= 0.3 is 12.1 Å². The SMILES string of the molecule is CNC(=O)C1COC2(CN(C(=O)c3cccc(C#N)c3)C2)CN1CC1CC1.O=C(O)C(F)(F)F. The first-order valence-electron chi connectivity index (χ1n) is 10.7. The molecule has 9 nitrogen and oxygen atoms in total. The van der Waals surface area contributed by atoms with Crippen LogP contribution in [0.15, 0.2) is 24.3 Å². The number of hydrogen-bond acceptors (Lipinski definition) is 6. The van der Waals surface area contributed by atoms with Gasteiger partial charge in [-0.15, -0.1) is 0 Å². The van der Waals surface area contributed by atoms with Crippen LogP contribution in [0.5, 0.6) is 0 Å². The molecule has 184 valence electrons. The zero-order valence-electron chi connectivity index (χ0n) is 18.5. The van der Waals surface area contributed by atoms with Crippen LogP contribution in [0.3, 0.4) is 0 Å². The highest BCUT2D eigenvalue weighted by Gasteiger charge is 2.52. The summed E-state index contributed by atoms with van der Waals surface area (Å²) < 4.78 is 37.8. The Balaban J connectivity index is 0.000000406. The van der Waals surface area contributed by atoms with Crippen LogP contribution in [-0.2, 0) is 14.3 Å². The average molecular weight is 482 g/mol. The number of likely N-dealkylation sites (N-methyl/N-ethyl adjacent to an activating group) is 1. The smallest absolute Gasteiger partial charge is 0.475 e. The standard InChI is InChI=1S/C20H24N4O3.C2HF3O2/c1-22-18(25)17-10-27-20(11-23(17)9-14-5-6-14)12-24(13-20)19(26)16-4-2-3-15(7-16)8-21;3-2(4,5)1(6)7/h2-4,7,14,17H,5-6,9-13H2,1H3,(H,22,25);(H,6,7). The number of amides is 2. The first kappa shape index (κ1) is 25.5. The van der Waals surface area contributed by atoms with Crippen LogP contribution < -0.4 is 5.32 Å². The third-order valence-electron chi connectivity index (χ3n) is 5.94. The Labute approximate surface area is 194 Å². The van der Waals surface area contributed by atoms with Gasteiger partial charge in [0.2, 0.25) is 5.91 Å². The molecule has 2 amide bonds. The number of morpholine rings is 1. The van der Waals surface area contributed by atoms with Crippen LogP contribution in [0, 0.1) is 17.2 Å². The van der Waals surface area contributed by atoms with Gasteiger partial charge in [-0.05, 0) is 37.0 Å². The maximum absolute atomic E-state index is 12.7. The van der Waals surface area contributed by atoms with Crippen molar-refractivity contribution in [3.8, 4) is 6.07 Å². The van der Waals surface area contributed by atoms with Crippen molar-refractivity contribution in [1.82, 2.24) is 15.1 Å². The highest BCUT2D eigenvalue weighted by atomic mass is 19.4. The zero-order valence-corrected chi connectivity index (χ0v) is 18.5. The Hall–Kier alpha value is -3.17. The summed E-state index contributed by atoms with van der Waals surface area (Å²) in [6, 6.07) is 8.58. The molecule has 1 spiro atoms. The monoisotopic (exact) mass is 482 g/mol. The minimum Gasteiger partial charge on any atom is -0.475 e. The van der Waals surface area contributed by atoms with E-state index in [4.69, 9.17) is 19.9 Å². The second-order valence-corrected chi connectivity index (χ2v) is 8.65. The number of carbonyl (C=O) groups is 3. The van der Waals surface area contributed by atoms with E-state index in [-0.39, 0.29) is 23.5 Å². The fourth-order valence-corrected chi connectivity index (χ4v) is 4.01. The number of rotatable bonds is 4. The highest BCUT2D eigenvalue weighted by Crippen LogP contribution is 2.36. The molecule has 3 fully saturated rings. The first-order chi connectivity index (χ1) is 16.0. The number of benzene rings is 1. The van der Waals surface area contributed by atoms with Gasteiger partial charge in [0.1, 0.15) is 11.6 Å². The van der Waals surface area contributed by atoms with E-state index in [1.54, 1.807) is 36.2 Å². The molecule has 3 aliphatic rings. The molecule has 4 rings (SSSR count). The predicted molar refractivity (Wildman–Crippen MR) is 112 cm³/mol. The van der Waals surface area contributed by atoms with E-state index in [1.165, 1.54) is 12.8 Å². The molecule has 1 aromatic rings. The van der Waals surface area contributed by atoms with E-state index >= 15 is 0 Å². The normalized spacial score (nSPS) is 21.5. The van der Waals surface area contributed by atoms with E-state index < -0.39 is 12.1 Å². The molecule has 2 saturated heterocycles. The van der Waals surface area contributed by atoms with Gasteiger partial charge in [0.25, 0.3) is 5.91 Å². The summed E-state index contributed by atoms with van der Waals surface area (Å²) in [7, 11) is 1.65. The second-order valence-electron chi connectivity index (χ2n) is 8.65. The van der Waals surface area contributed by atoms with Crippen molar-refractivity contribution < 1.29 is 37.4 Å². The topological polar surface area (TPSA) is 123 Å². The van der Waals surface area contributed by atoms with E-state index in [9.17, 15) is 22.8 Å². The Kier molecular flexibility index (Phi) is 7.48. The Morgan fingerprint density at radius 2 is 1.91 bits per heavy atom. The number of carboxylic acid groups (broad SMARTS) is 1. The van der Waals surface area contributed by atoms with Crippen molar-refractivity contribution in [3.05, 3.63) is 35.4 Å². The quantitative estimate of drug-likeness (QED) is 0.662. The van der Waals surface area contributed by atoms with Gasteiger partial charge in [0, 0.05) is 25.7 Å². The van der Waals surface area contributed by atoms with Crippen LogP contribution >= 0.6 is 0 Å². The minimum atomic E-state index is -5.08. The molecule has 1 aromatic carbocycles. The molecular weight excluding hydrogens is 457 g/mol. The summed E-state index contributed by atoms with van der Waals surface area (Å²) in [4.78, 5) is 37.8. The Morgan fingerprint density at radius 1 is 1.26 bits per heavy atom. The molecule has 2 heterocycles. The van der Waals surface area contributed by atoms with E-state index in [1.807, 2.05) is 0 Å². The number of ether oxygens (including phenoxy) is 1. The third-order valence-corrected chi connectivity index (χ3v) is 5.94. The maximum Gasteiger partial charge on any atom is 0.490 e. The number of nitrogens with one attached hydrogen (secondary N) is 1. The lowest BCUT2D eigenvalue weighted by atomic mass is 9.89. The van der Waals surface area contributed by atoms with Crippen LogP contribution in [0.1, 0.15) is 28.8 Å². The zero-order chi connectivity index (χ0) is 25.1. The molecule has 1 aliphatic carbocycles. The lowest BCUT2D eigenvalue weighted by molar-refractivity contribution is -0.192. The number of aliphatic carboxylic acids is 1. The Morgan fingerprint density at radius 3 is 2.44 bits per heavy atom. The molecule has 1 unspecified atom stereocenters. The number of nitriles is 1. The van der Waals surface area contributed by atoms with Crippen LogP contribution in [0.25, 0.3) is 0 Å². The largest absolute Gasteiger partial charge is 0.490 e. The summed E-state index contributed by atoms with van der Waals surface area (Å²) in [6.07, 6.45) is -2.63. The molecule has 2 aliphatic heterocycles. The van der Waals surface area contributed by atoms with Crippen molar-refractivity contribution in [2.24, 2.45) is 5.92 Å². The molecule has 0 bridgehead atoms. The summed E-state index contributed by atoms with van der Waals surface area (Å²) in [5, 5.41) is 18.9. The molecule has 0 radical (unpaired) electrons. The summed E-state index contributed by atoms with van der Waals surface area (Å²) >= 11 is 0. The molecule has 2 N–H and O–H groups in total. The van der Waals surface area contributed by atoms with E-state index in [0.717, 1.165) is 6.54 Å². The number of halogens is 3. The van der Waals surface area contributed by atoms with Gasteiger partial charge in [0.15, 0.2) is 0 Å². The Bertz CT molecular complexity index is 983. The van der Waals surface area contributed by atoms with Crippen molar-refractivity contribution in [1.29, 1.82) is 5.26 Å². The molecule has 34 heavy (non-hydrogen) atoms. The number of carboxylic acids is 1. The van der Waals surface area contributed by atoms with Crippen molar-refractivity contribution in [2.75, 3.05) is 39.8 Å². The van der Waals surface area contributed by atoms with Crippen LogP contribution in [0.2, 0.25) is 0 Å². The third kappa shape index (κ3) is 6.03. The van der Waals surface area contributed by atoms with E-state index in [2.05, 4.69) is 16.3 Å². The first-order valence-corrected chi connectivity index (χ1v) is 10.7. The number of alkyl halides is 3. The van der Waals surface area contributed by atoms with Crippen molar-refractivity contribution in [2.45, 2.75) is 30.7 Å². The van der Waals surface area contributed by atoms with Gasteiger partial charge < -0.3 is 20.1 Å². The van der Waals surface area contributed by atoms with Gasteiger partial charge in [0.05, 0.1) is 31.3 Å². The second kappa shape index (κ2) is 9.99. The van der Waals surface area contributed by atoms with E-state index in [0.29, 0.717) is 43.3 Å². The maximum atomic E-state index is 12.7. The van der Waals surface area contributed by atoms with Gasteiger partial charge in [-0.2, -0.15) is 18.4 Å². The van der Waals surface area contributed by atoms with Crippen molar-refractivity contribution >= 4 is 17.8 Å². The predicted octanol–water partition coefficient (Wildman–Crippen LogP) is 1.24. The fraction of sp³-hybridized carbons (Fsp3) is 0.545. The van der Waals surface area contributed by atoms with Crippen LogP contribution in [-0.4, -0.2) is 90.3 Å². The highest BCUT2D eigenvalue weighted by molar-refractivity contribution is 5.95. The number of carbonyl (C=O) groups excluding carboxylic acids is 2. The molecule has 12 heteroatoms. The molecular formula is C22H25F3N4O5. The summed E-state index contributed by atoms with van der Waals surface area (Å²) in [6.45, 7) is 2.98. The number of nitrogens with zero attached hydrogens (tertiary/aromatic N) is 3. The number of likely N-dealkylation sites (tertiary alicyclic amines) is 1. The minimum absolute atomic E-state index is 0.00826. The molecule has 1 atom stereocenters. The average Bonchev–Trinajstić information content (AvgIpc) is 3.60. The van der Waals surface area contributed by atoms with Crippen LogP contribution in [0.4, 0.5) is 13.2 Å².